The fourth-order valence-electron chi connectivity index (χ4n) is 0.824. The van der Waals surface area contributed by atoms with Gasteiger partial charge in [0, 0.05) is 17.8 Å². The number of nitrogens with zero attached hydrogens (tertiary/aromatic N) is 1. The van der Waals surface area contributed by atoms with Crippen molar-refractivity contribution in [2.75, 3.05) is 5.73 Å². The number of anilines is 1. The molecule has 0 aliphatic heterocycles. The highest BCUT2D eigenvalue weighted by molar-refractivity contribution is 5.72. The third kappa shape index (κ3) is 1.57. The van der Waals surface area contributed by atoms with Crippen molar-refractivity contribution in [2.24, 2.45) is 11.5 Å². The summed E-state index contributed by atoms with van der Waals surface area (Å²) in [6.07, 6.45) is 4.49. The number of nitrogens with two attached hydrogens (primary N) is 3. The van der Waals surface area contributed by atoms with E-state index in [0.29, 0.717) is 5.82 Å². The van der Waals surface area contributed by atoms with Crippen molar-refractivity contribution >= 4 is 11.4 Å². The minimum atomic E-state index is 0.426. The summed E-state index contributed by atoms with van der Waals surface area (Å²) in [5, 5.41) is 6.46. The topological polar surface area (TPSA) is 107 Å². The molecule has 0 aliphatic rings. The van der Waals surface area contributed by atoms with E-state index in [4.69, 9.17) is 17.2 Å². The van der Waals surface area contributed by atoms with Crippen molar-refractivity contribution in [3.8, 4) is 0 Å². The van der Waals surface area contributed by atoms with E-state index < -0.39 is 0 Å². The maximum absolute atomic E-state index is 5.40. The van der Waals surface area contributed by atoms with E-state index >= 15 is 0 Å². The van der Waals surface area contributed by atoms with Crippen LogP contribution in [-0.2, 0) is 0 Å². The molecule has 0 aromatic carbocycles. The molecule has 1 aromatic rings. The number of aromatic amines is 1. The Hall–Kier alpha value is -1.91. The summed E-state index contributed by atoms with van der Waals surface area (Å²) in [5.74, 6) is 0.426. The van der Waals surface area contributed by atoms with Crippen LogP contribution in [-0.4, -0.2) is 10.2 Å². The quantitative estimate of drug-likeness (QED) is 0.454. The zero-order chi connectivity index (χ0) is 8.97. The van der Waals surface area contributed by atoms with E-state index in [9.17, 15) is 0 Å². The third-order valence-electron chi connectivity index (χ3n) is 1.36. The minimum Gasteiger partial charge on any atom is -0.405 e. The molecule has 5 nitrogen and oxygen atoms in total. The maximum Gasteiger partial charge on any atom is 0.145 e. The fraction of sp³-hybridized carbons (Fsp3) is 0. The van der Waals surface area contributed by atoms with Gasteiger partial charge in [0.05, 0.1) is 5.69 Å². The molecule has 0 bridgehead atoms. The largest absolute Gasteiger partial charge is 0.405 e. The molecule has 64 valence electrons. The maximum atomic E-state index is 5.40. The lowest BCUT2D eigenvalue weighted by Crippen LogP contribution is -1.88. The summed E-state index contributed by atoms with van der Waals surface area (Å²) in [6, 6.07) is 1.68. The van der Waals surface area contributed by atoms with Crippen LogP contribution in [0.1, 0.15) is 5.69 Å². The monoisotopic (exact) mass is 165 g/mol. The second kappa shape index (κ2) is 3.47. The molecule has 1 rings (SSSR count). The highest BCUT2D eigenvalue weighted by atomic mass is 15.2. The highest BCUT2D eigenvalue weighted by Crippen LogP contribution is 2.12. The molecule has 0 spiro atoms. The van der Waals surface area contributed by atoms with E-state index in [-0.39, 0.29) is 0 Å². The molecule has 0 atom stereocenters. The summed E-state index contributed by atoms with van der Waals surface area (Å²) in [5.41, 5.74) is 17.4. The van der Waals surface area contributed by atoms with Crippen LogP contribution < -0.4 is 17.2 Å². The number of H-pyrrole nitrogens is 1. The van der Waals surface area contributed by atoms with E-state index in [1.807, 2.05) is 0 Å². The van der Waals surface area contributed by atoms with Gasteiger partial charge in [0.1, 0.15) is 5.82 Å². The number of aromatic nitrogens is 2. The summed E-state index contributed by atoms with van der Waals surface area (Å²) in [7, 11) is 0. The van der Waals surface area contributed by atoms with Crippen LogP contribution in [0, 0.1) is 0 Å². The molecule has 0 unspecified atom stereocenters. The lowest BCUT2D eigenvalue weighted by molar-refractivity contribution is 1.08. The molecule has 0 saturated carbocycles. The molecule has 7 N–H and O–H groups in total. The van der Waals surface area contributed by atoms with Gasteiger partial charge in [-0.1, -0.05) is 0 Å². The van der Waals surface area contributed by atoms with Gasteiger partial charge in [-0.15, -0.1) is 0 Å². The molecule has 0 amide bonds. The van der Waals surface area contributed by atoms with Crippen LogP contribution >= 0.6 is 0 Å². The standard InChI is InChI=1S/C7H11N5/c8-2-1-5(4-9)6-3-7(10)12-11-6/h1-4H,8-9H2,(H3,10,11,12)/b2-1-,5-4?. The fourth-order valence-corrected chi connectivity index (χ4v) is 0.824. The van der Waals surface area contributed by atoms with Crippen LogP contribution in [0.15, 0.2) is 24.5 Å². The Morgan fingerprint density at radius 3 is 2.67 bits per heavy atom. The molecule has 5 heteroatoms. The summed E-state index contributed by atoms with van der Waals surface area (Å²) in [6.45, 7) is 0. The number of hydrogen-bond acceptors (Lipinski definition) is 4. The van der Waals surface area contributed by atoms with Gasteiger partial charge in [-0.05, 0) is 12.3 Å². The summed E-state index contributed by atoms with van der Waals surface area (Å²) < 4.78 is 0. The Kier molecular flexibility index (Phi) is 2.37. The van der Waals surface area contributed by atoms with Gasteiger partial charge in [-0.2, -0.15) is 5.10 Å². The van der Waals surface area contributed by atoms with E-state index in [2.05, 4.69) is 10.2 Å². The molecule has 0 aliphatic carbocycles. The van der Waals surface area contributed by atoms with E-state index in [1.165, 1.54) is 12.4 Å². The first-order chi connectivity index (χ1) is 5.77. The van der Waals surface area contributed by atoms with Crippen LogP contribution in [0.3, 0.4) is 0 Å². The zero-order valence-electron chi connectivity index (χ0n) is 6.49. The molecular formula is C7H11N5. The van der Waals surface area contributed by atoms with Gasteiger partial charge in [0.25, 0.3) is 0 Å². The van der Waals surface area contributed by atoms with Gasteiger partial charge in [-0.25, -0.2) is 0 Å². The van der Waals surface area contributed by atoms with Gasteiger partial charge in [0.2, 0.25) is 0 Å². The predicted octanol–water partition coefficient (Wildman–Crippen LogP) is -0.236. The van der Waals surface area contributed by atoms with Crippen LogP contribution in [0.2, 0.25) is 0 Å². The molecule has 12 heavy (non-hydrogen) atoms. The van der Waals surface area contributed by atoms with Crippen LogP contribution in [0.25, 0.3) is 5.57 Å². The third-order valence-corrected chi connectivity index (χ3v) is 1.36. The molecular weight excluding hydrogens is 154 g/mol. The van der Waals surface area contributed by atoms with Crippen molar-refractivity contribution < 1.29 is 0 Å². The van der Waals surface area contributed by atoms with Crippen molar-refractivity contribution in [1.29, 1.82) is 0 Å². The molecule has 0 fully saturated rings. The average molecular weight is 165 g/mol. The second-order valence-corrected chi connectivity index (χ2v) is 2.19. The molecule has 1 aromatic heterocycles. The van der Waals surface area contributed by atoms with Crippen molar-refractivity contribution in [2.45, 2.75) is 0 Å². The number of rotatable bonds is 2. The number of nitrogens with one attached hydrogen (secondary N) is 1. The van der Waals surface area contributed by atoms with Crippen molar-refractivity contribution in [1.82, 2.24) is 10.2 Å². The van der Waals surface area contributed by atoms with Crippen LogP contribution in [0.5, 0.6) is 0 Å². The zero-order valence-corrected chi connectivity index (χ0v) is 6.49. The average Bonchev–Trinajstić information content (AvgIpc) is 2.47. The van der Waals surface area contributed by atoms with Gasteiger partial charge in [0.15, 0.2) is 0 Å². The SMILES string of the molecule is NC=C(/C=C\N)c1cc(N)n[nH]1. The van der Waals surface area contributed by atoms with E-state index in [1.54, 1.807) is 12.1 Å². The number of hydrogen-bond donors (Lipinski definition) is 4. The second-order valence-electron chi connectivity index (χ2n) is 2.19. The van der Waals surface area contributed by atoms with Gasteiger partial charge >= 0.3 is 0 Å². The Morgan fingerprint density at radius 2 is 2.25 bits per heavy atom. The predicted molar refractivity (Wildman–Crippen MR) is 48.5 cm³/mol. The Bertz CT molecular complexity index is 309. The smallest absolute Gasteiger partial charge is 0.145 e. The number of nitrogen functional groups attached to an aromatic ring is 1. The Morgan fingerprint density at radius 1 is 1.50 bits per heavy atom. The molecule has 0 saturated heterocycles. The first-order valence-electron chi connectivity index (χ1n) is 3.39. The number of allylic oxidation sites excluding steroid dienone is 2. The van der Waals surface area contributed by atoms with Gasteiger partial charge < -0.3 is 17.2 Å². The summed E-state index contributed by atoms with van der Waals surface area (Å²) >= 11 is 0. The lowest BCUT2D eigenvalue weighted by Gasteiger charge is -1.93. The first kappa shape index (κ1) is 8.19. The minimum absolute atomic E-state index is 0.426. The normalized spacial score (nSPS) is 12.5. The Balaban J connectivity index is 2.96. The highest BCUT2D eigenvalue weighted by Gasteiger charge is 1.99. The van der Waals surface area contributed by atoms with Crippen molar-refractivity contribution in [3.05, 3.63) is 30.2 Å². The summed E-state index contributed by atoms with van der Waals surface area (Å²) in [4.78, 5) is 0. The lowest BCUT2D eigenvalue weighted by atomic mass is 10.2. The van der Waals surface area contributed by atoms with Crippen LogP contribution in [0.4, 0.5) is 5.82 Å². The molecule has 0 radical (unpaired) electrons. The van der Waals surface area contributed by atoms with Crippen molar-refractivity contribution in [3.63, 3.8) is 0 Å². The first-order valence-corrected chi connectivity index (χ1v) is 3.39. The molecule has 1 heterocycles. The van der Waals surface area contributed by atoms with E-state index in [0.717, 1.165) is 11.3 Å². The Labute approximate surface area is 69.9 Å². The van der Waals surface area contributed by atoms with Gasteiger partial charge in [-0.3, -0.25) is 5.10 Å².